The molecule has 0 bridgehead atoms. The Morgan fingerprint density at radius 2 is 1.85 bits per heavy atom. The number of allylic oxidation sites excluding steroid dienone is 1. The number of fused-ring (bicyclic) bond motifs is 1. The van der Waals surface area contributed by atoms with Crippen LogP contribution in [0.4, 0.5) is 20.2 Å². The minimum atomic E-state index is -1.55. The van der Waals surface area contributed by atoms with Crippen LogP contribution in [0, 0.1) is 5.82 Å². The van der Waals surface area contributed by atoms with Crippen molar-refractivity contribution in [2.24, 2.45) is 0 Å². The Morgan fingerprint density at radius 1 is 1.19 bits per heavy atom. The average molecular weight is 362 g/mol. The van der Waals surface area contributed by atoms with Gasteiger partial charge in [0.1, 0.15) is 17.6 Å². The van der Waals surface area contributed by atoms with E-state index in [9.17, 15) is 14.0 Å². The van der Waals surface area contributed by atoms with Gasteiger partial charge in [-0.25, -0.2) is 8.87 Å². The molecule has 2 fully saturated rings. The Labute approximate surface area is 151 Å². The van der Waals surface area contributed by atoms with Crippen molar-refractivity contribution in [1.29, 1.82) is 0 Å². The highest BCUT2D eigenvalue weighted by Crippen LogP contribution is 2.53. The molecule has 1 atom stereocenters. The number of piperazine rings is 1. The van der Waals surface area contributed by atoms with Crippen molar-refractivity contribution in [3.05, 3.63) is 35.3 Å². The van der Waals surface area contributed by atoms with E-state index in [1.54, 1.807) is 13.1 Å². The lowest BCUT2D eigenvalue weighted by molar-refractivity contribution is -0.104. The fraction of sp³-hybridized carbons (Fsp3) is 0.474. The molecule has 26 heavy (non-hydrogen) atoms. The van der Waals surface area contributed by atoms with Crippen LogP contribution in [0.25, 0.3) is 0 Å². The van der Waals surface area contributed by atoms with Gasteiger partial charge in [0.25, 0.3) is 5.79 Å². The number of likely N-dealkylation sites (N-methyl/N-ethyl adjacent to an activating group) is 1. The number of carbonyl (C=O) groups excluding carboxylic acids is 2. The van der Waals surface area contributed by atoms with Crippen LogP contribution in [0.2, 0.25) is 0 Å². The Bertz CT molecular complexity index is 826. The third-order valence-corrected chi connectivity index (χ3v) is 5.94. The molecule has 1 saturated carbocycles. The zero-order valence-electron chi connectivity index (χ0n) is 15.0. The molecule has 0 aromatic heterocycles. The van der Waals surface area contributed by atoms with Crippen molar-refractivity contribution < 1.29 is 18.4 Å². The SMILES string of the molecule is CN1CCN(c2cc3c(cc2F)C(=O)C(C=O)=C[N+]3(C)C2(F)CC2)CC1. The van der Waals surface area contributed by atoms with Gasteiger partial charge in [-0.15, -0.1) is 0 Å². The molecule has 1 saturated heterocycles. The first-order valence-corrected chi connectivity index (χ1v) is 8.85. The highest BCUT2D eigenvalue weighted by Gasteiger charge is 2.62. The first kappa shape index (κ1) is 17.3. The van der Waals surface area contributed by atoms with Gasteiger partial charge in [-0.1, -0.05) is 0 Å². The lowest BCUT2D eigenvalue weighted by Gasteiger charge is -2.39. The third-order valence-electron chi connectivity index (χ3n) is 5.94. The number of hydrogen-bond donors (Lipinski definition) is 0. The summed E-state index contributed by atoms with van der Waals surface area (Å²) in [7, 11) is 3.66. The van der Waals surface area contributed by atoms with Crippen molar-refractivity contribution in [2.45, 2.75) is 18.6 Å². The van der Waals surface area contributed by atoms with Crippen LogP contribution >= 0.6 is 0 Å². The van der Waals surface area contributed by atoms with Crippen LogP contribution < -0.4 is 9.38 Å². The van der Waals surface area contributed by atoms with Crippen molar-refractivity contribution in [3.63, 3.8) is 0 Å². The number of aldehydes is 1. The summed E-state index contributed by atoms with van der Waals surface area (Å²) in [6.45, 7) is 2.95. The van der Waals surface area contributed by atoms with Crippen LogP contribution in [-0.2, 0) is 4.79 Å². The standard InChI is InChI=1S/C19H22F2N3O2/c1-22-5-7-23(8-6-22)16-10-17-14(9-15(16)20)18(26)13(12-25)11-24(17,2)19(21)3-4-19/h9-12H,3-8H2,1-2H3/q+1. The lowest BCUT2D eigenvalue weighted by atomic mass is 9.95. The number of benzene rings is 1. The Morgan fingerprint density at radius 3 is 2.42 bits per heavy atom. The van der Waals surface area contributed by atoms with E-state index in [4.69, 9.17) is 0 Å². The maximum absolute atomic E-state index is 15.2. The summed E-state index contributed by atoms with van der Waals surface area (Å²) >= 11 is 0. The number of anilines is 1. The summed E-state index contributed by atoms with van der Waals surface area (Å²) in [6, 6.07) is 2.77. The van der Waals surface area contributed by atoms with E-state index in [-0.39, 0.29) is 15.6 Å². The molecule has 138 valence electrons. The number of ketones is 1. The number of quaternary nitrogens is 1. The van der Waals surface area contributed by atoms with Crippen LogP contribution in [0.3, 0.4) is 0 Å². The second-order valence-electron chi connectivity index (χ2n) is 7.64. The minimum absolute atomic E-state index is 0.0800. The van der Waals surface area contributed by atoms with Crippen molar-refractivity contribution in [1.82, 2.24) is 9.38 Å². The van der Waals surface area contributed by atoms with E-state index in [1.165, 1.54) is 12.3 Å². The maximum atomic E-state index is 15.2. The van der Waals surface area contributed by atoms with Gasteiger partial charge in [0, 0.05) is 45.1 Å². The van der Waals surface area contributed by atoms with Crippen molar-refractivity contribution >= 4 is 23.4 Å². The highest BCUT2D eigenvalue weighted by molar-refractivity contribution is 6.23. The molecule has 2 heterocycles. The molecule has 0 N–H and O–H groups in total. The predicted octanol–water partition coefficient (Wildman–Crippen LogP) is 2.25. The smallest absolute Gasteiger partial charge is 0.251 e. The van der Waals surface area contributed by atoms with Gasteiger partial charge in [0.05, 0.1) is 18.3 Å². The minimum Gasteiger partial charge on any atom is -0.366 e. The number of hydrogen-bond acceptors (Lipinski definition) is 4. The molecule has 1 aromatic rings. The van der Waals surface area contributed by atoms with Gasteiger partial charge >= 0.3 is 0 Å². The van der Waals surface area contributed by atoms with Gasteiger partial charge in [-0.05, 0) is 13.1 Å². The van der Waals surface area contributed by atoms with Gasteiger partial charge in [0.15, 0.2) is 12.0 Å². The molecule has 1 aliphatic carbocycles. The van der Waals surface area contributed by atoms with Crippen molar-refractivity contribution in [2.75, 3.05) is 45.2 Å². The molecular formula is C19H22F2N3O2+. The summed E-state index contributed by atoms with van der Waals surface area (Å²) < 4.78 is 29.7. The Hall–Kier alpha value is -2.12. The number of nitrogens with zero attached hydrogens (tertiary/aromatic N) is 3. The largest absolute Gasteiger partial charge is 0.366 e. The van der Waals surface area contributed by atoms with E-state index in [0.29, 0.717) is 43.6 Å². The van der Waals surface area contributed by atoms with E-state index in [2.05, 4.69) is 4.90 Å². The molecule has 0 radical (unpaired) electrons. The van der Waals surface area contributed by atoms with Crippen molar-refractivity contribution in [3.8, 4) is 0 Å². The van der Waals surface area contributed by atoms with Crippen LogP contribution in [-0.4, -0.2) is 63.0 Å². The number of Topliss-reactive ketones (excluding diaryl/α,β-unsaturated/α-hetero) is 1. The normalized spacial score (nSPS) is 27.8. The first-order chi connectivity index (χ1) is 12.3. The molecule has 4 rings (SSSR count). The summed E-state index contributed by atoms with van der Waals surface area (Å²) in [6.07, 6.45) is 2.51. The highest BCUT2D eigenvalue weighted by atomic mass is 19.1. The second-order valence-corrected chi connectivity index (χ2v) is 7.64. The van der Waals surface area contributed by atoms with Gasteiger partial charge in [-0.3, -0.25) is 9.59 Å². The molecule has 2 aliphatic heterocycles. The lowest BCUT2D eigenvalue weighted by Crippen LogP contribution is -2.52. The molecule has 0 amide bonds. The fourth-order valence-electron chi connectivity index (χ4n) is 3.95. The number of carbonyl (C=O) groups is 2. The first-order valence-electron chi connectivity index (χ1n) is 8.85. The fourth-order valence-corrected chi connectivity index (χ4v) is 3.95. The maximum Gasteiger partial charge on any atom is 0.251 e. The molecule has 1 unspecified atom stereocenters. The zero-order valence-corrected chi connectivity index (χ0v) is 15.0. The number of halogens is 2. The van der Waals surface area contributed by atoms with Crippen LogP contribution in [0.15, 0.2) is 23.9 Å². The molecule has 3 aliphatic rings. The predicted molar refractivity (Wildman–Crippen MR) is 95.4 cm³/mol. The number of alkyl halides is 1. The molecular weight excluding hydrogens is 340 g/mol. The van der Waals surface area contributed by atoms with E-state index >= 15 is 4.39 Å². The summed E-state index contributed by atoms with van der Waals surface area (Å²) in [5.41, 5.74) is 0.782. The number of rotatable bonds is 3. The van der Waals surface area contributed by atoms with Gasteiger partial charge < -0.3 is 9.80 Å². The van der Waals surface area contributed by atoms with E-state index in [1.807, 2.05) is 11.9 Å². The Kier molecular flexibility index (Phi) is 3.79. The molecule has 0 spiro atoms. The molecule has 1 aromatic carbocycles. The van der Waals surface area contributed by atoms with Crippen LogP contribution in [0.1, 0.15) is 23.2 Å². The summed E-state index contributed by atoms with van der Waals surface area (Å²) in [5, 5.41) is 0. The van der Waals surface area contributed by atoms with Gasteiger partial charge in [-0.2, -0.15) is 4.39 Å². The topological polar surface area (TPSA) is 40.6 Å². The van der Waals surface area contributed by atoms with Crippen LogP contribution in [0.5, 0.6) is 0 Å². The molecule has 5 nitrogen and oxygen atoms in total. The monoisotopic (exact) mass is 362 g/mol. The second kappa shape index (κ2) is 5.69. The molecule has 7 heteroatoms. The Balaban J connectivity index is 1.85. The quantitative estimate of drug-likeness (QED) is 0.358. The van der Waals surface area contributed by atoms with Gasteiger partial charge in [0.2, 0.25) is 5.78 Å². The third kappa shape index (κ3) is 2.41. The van der Waals surface area contributed by atoms with E-state index < -0.39 is 17.4 Å². The average Bonchev–Trinajstić information content (AvgIpc) is 3.38. The van der Waals surface area contributed by atoms with E-state index in [0.717, 1.165) is 13.1 Å². The zero-order chi connectivity index (χ0) is 18.7. The summed E-state index contributed by atoms with van der Waals surface area (Å²) in [4.78, 5) is 28.0. The summed E-state index contributed by atoms with van der Waals surface area (Å²) in [5.74, 6) is -2.61.